The second-order valence-electron chi connectivity index (χ2n) is 4.69. The molecule has 2 nitrogen and oxygen atoms in total. The third-order valence-corrected chi connectivity index (χ3v) is 3.43. The van der Waals surface area contributed by atoms with Crippen molar-refractivity contribution in [2.24, 2.45) is 17.8 Å². The molecule has 0 radical (unpaired) electrons. The Morgan fingerprint density at radius 2 is 2.15 bits per heavy atom. The van der Waals surface area contributed by atoms with Gasteiger partial charge in [0.25, 0.3) is 0 Å². The van der Waals surface area contributed by atoms with E-state index in [4.69, 9.17) is 0 Å². The largest absolute Gasteiger partial charge is 0.316 e. The third kappa shape index (κ3) is 2.31. The SMILES string of the molecule is CC1CNCC1C(=O)CCC1CC1. The molecule has 0 aromatic heterocycles. The molecule has 0 spiro atoms. The van der Waals surface area contributed by atoms with Crippen LogP contribution in [0.2, 0.25) is 0 Å². The lowest BCUT2D eigenvalue weighted by molar-refractivity contribution is -0.123. The van der Waals surface area contributed by atoms with Crippen LogP contribution in [-0.2, 0) is 4.79 Å². The van der Waals surface area contributed by atoms with Gasteiger partial charge in [-0.1, -0.05) is 19.8 Å². The number of Topliss-reactive ketones (excluding diaryl/α,β-unsaturated/α-hetero) is 1. The van der Waals surface area contributed by atoms with Crippen LogP contribution < -0.4 is 5.32 Å². The molecule has 13 heavy (non-hydrogen) atoms. The summed E-state index contributed by atoms with van der Waals surface area (Å²) in [6.45, 7) is 4.13. The lowest BCUT2D eigenvalue weighted by Crippen LogP contribution is -2.21. The molecule has 1 saturated carbocycles. The smallest absolute Gasteiger partial charge is 0.137 e. The fourth-order valence-electron chi connectivity index (χ4n) is 2.18. The summed E-state index contributed by atoms with van der Waals surface area (Å²) < 4.78 is 0. The van der Waals surface area contributed by atoms with E-state index in [2.05, 4.69) is 12.2 Å². The molecule has 0 bridgehead atoms. The maximum absolute atomic E-state index is 11.7. The van der Waals surface area contributed by atoms with Crippen molar-refractivity contribution >= 4 is 5.78 Å². The van der Waals surface area contributed by atoms with Crippen LogP contribution in [0.1, 0.15) is 32.6 Å². The van der Waals surface area contributed by atoms with Gasteiger partial charge in [-0.05, 0) is 24.8 Å². The molecule has 2 rings (SSSR count). The molecule has 2 atom stereocenters. The summed E-state index contributed by atoms with van der Waals surface area (Å²) >= 11 is 0. The maximum Gasteiger partial charge on any atom is 0.137 e. The molecule has 2 unspecified atom stereocenters. The Morgan fingerprint density at radius 1 is 1.38 bits per heavy atom. The van der Waals surface area contributed by atoms with E-state index < -0.39 is 0 Å². The van der Waals surface area contributed by atoms with Crippen molar-refractivity contribution < 1.29 is 4.79 Å². The normalized spacial score (nSPS) is 33.6. The molecule has 1 N–H and O–H groups in total. The predicted octanol–water partition coefficient (Wildman–Crippen LogP) is 1.60. The lowest BCUT2D eigenvalue weighted by atomic mass is 9.91. The Bertz CT molecular complexity index is 198. The predicted molar refractivity (Wildman–Crippen MR) is 52.5 cm³/mol. The lowest BCUT2D eigenvalue weighted by Gasteiger charge is -2.11. The average molecular weight is 181 g/mol. The van der Waals surface area contributed by atoms with Gasteiger partial charge in [0.05, 0.1) is 0 Å². The fourth-order valence-corrected chi connectivity index (χ4v) is 2.18. The zero-order valence-electron chi connectivity index (χ0n) is 8.38. The monoisotopic (exact) mass is 181 g/mol. The first-order chi connectivity index (χ1) is 6.27. The average Bonchev–Trinajstić information content (AvgIpc) is 2.84. The van der Waals surface area contributed by atoms with E-state index in [0.29, 0.717) is 17.6 Å². The first-order valence-electron chi connectivity index (χ1n) is 5.51. The van der Waals surface area contributed by atoms with Crippen LogP contribution in [0.3, 0.4) is 0 Å². The van der Waals surface area contributed by atoms with Gasteiger partial charge in [-0.15, -0.1) is 0 Å². The minimum absolute atomic E-state index is 0.318. The Hall–Kier alpha value is -0.370. The van der Waals surface area contributed by atoms with Gasteiger partial charge in [0.15, 0.2) is 0 Å². The second-order valence-corrected chi connectivity index (χ2v) is 4.69. The highest BCUT2D eigenvalue weighted by Crippen LogP contribution is 2.34. The van der Waals surface area contributed by atoms with Gasteiger partial charge in [-0.3, -0.25) is 4.79 Å². The van der Waals surface area contributed by atoms with Crippen LogP contribution in [0, 0.1) is 17.8 Å². The number of carbonyl (C=O) groups excluding carboxylic acids is 1. The van der Waals surface area contributed by atoms with Gasteiger partial charge >= 0.3 is 0 Å². The fraction of sp³-hybridized carbons (Fsp3) is 0.909. The van der Waals surface area contributed by atoms with E-state index in [1.54, 1.807) is 0 Å². The standard InChI is InChI=1S/C11H19NO/c1-8-6-12-7-10(8)11(13)5-4-9-2-3-9/h8-10,12H,2-7H2,1H3. The summed E-state index contributed by atoms with van der Waals surface area (Å²) in [6.07, 6.45) is 4.72. The van der Waals surface area contributed by atoms with Crippen molar-refractivity contribution in [3.05, 3.63) is 0 Å². The van der Waals surface area contributed by atoms with E-state index in [1.807, 2.05) is 0 Å². The van der Waals surface area contributed by atoms with Crippen molar-refractivity contribution in [2.75, 3.05) is 13.1 Å². The molecule has 1 aliphatic heterocycles. The van der Waals surface area contributed by atoms with Gasteiger partial charge < -0.3 is 5.32 Å². The number of hydrogen-bond acceptors (Lipinski definition) is 2. The molecule has 0 aromatic rings. The number of rotatable bonds is 4. The molecular weight excluding hydrogens is 162 g/mol. The van der Waals surface area contributed by atoms with Crippen LogP contribution in [0.25, 0.3) is 0 Å². The summed E-state index contributed by atoms with van der Waals surface area (Å²) in [5, 5.41) is 3.29. The van der Waals surface area contributed by atoms with Crippen molar-refractivity contribution in [1.82, 2.24) is 5.32 Å². The first kappa shape index (κ1) is 9.20. The summed E-state index contributed by atoms with van der Waals surface area (Å²) in [4.78, 5) is 11.7. The highest BCUT2D eigenvalue weighted by molar-refractivity contribution is 5.81. The van der Waals surface area contributed by atoms with Gasteiger partial charge in [0, 0.05) is 18.9 Å². The highest BCUT2D eigenvalue weighted by atomic mass is 16.1. The van der Waals surface area contributed by atoms with E-state index in [9.17, 15) is 4.79 Å². The zero-order chi connectivity index (χ0) is 9.26. The molecule has 1 saturated heterocycles. The first-order valence-corrected chi connectivity index (χ1v) is 5.51. The topological polar surface area (TPSA) is 29.1 Å². The number of carbonyl (C=O) groups is 1. The van der Waals surface area contributed by atoms with Gasteiger partial charge in [-0.2, -0.15) is 0 Å². The number of ketones is 1. The van der Waals surface area contributed by atoms with Gasteiger partial charge in [-0.25, -0.2) is 0 Å². The van der Waals surface area contributed by atoms with E-state index >= 15 is 0 Å². The van der Waals surface area contributed by atoms with E-state index in [-0.39, 0.29) is 0 Å². The van der Waals surface area contributed by atoms with Crippen LogP contribution >= 0.6 is 0 Å². The molecule has 2 aliphatic rings. The number of nitrogens with one attached hydrogen (secondary N) is 1. The minimum Gasteiger partial charge on any atom is -0.316 e. The molecule has 2 heteroatoms. The molecule has 0 amide bonds. The summed E-state index contributed by atoms with van der Waals surface area (Å²) in [5.74, 6) is 2.28. The third-order valence-electron chi connectivity index (χ3n) is 3.43. The summed E-state index contributed by atoms with van der Waals surface area (Å²) in [6, 6.07) is 0. The molecule has 2 fully saturated rings. The Morgan fingerprint density at radius 3 is 2.69 bits per heavy atom. The van der Waals surface area contributed by atoms with Gasteiger partial charge in [0.1, 0.15) is 5.78 Å². The quantitative estimate of drug-likeness (QED) is 0.713. The Labute approximate surface area is 80.1 Å². The van der Waals surface area contributed by atoms with Crippen molar-refractivity contribution in [3.8, 4) is 0 Å². The second kappa shape index (κ2) is 3.79. The van der Waals surface area contributed by atoms with Crippen LogP contribution in [-0.4, -0.2) is 18.9 Å². The van der Waals surface area contributed by atoms with Crippen LogP contribution in [0.15, 0.2) is 0 Å². The minimum atomic E-state index is 0.318. The highest BCUT2D eigenvalue weighted by Gasteiger charge is 2.30. The molecule has 1 aliphatic carbocycles. The summed E-state index contributed by atoms with van der Waals surface area (Å²) in [7, 11) is 0. The zero-order valence-corrected chi connectivity index (χ0v) is 8.38. The van der Waals surface area contributed by atoms with E-state index in [1.165, 1.54) is 12.8 Å². The Kier molecular flexibility index (Phi) is 2.68. The van der Waals surface area contributed by atoms with Crippen LogP contribution in [0.5, 0.6) is 0 Å². The molecule has 1 heterocycles. The molecular formula is C11H19NO. The van der Waals surface area contributed by atoms with Crippen molar-refractivity contribution in [3.63, 3.8) is 0 Å². The Balaban J connectivity index is 1.74. The maximum atomic E-state index is 11.7. The van der Waals surface area contributed by atoms with Crippen LogP contribution in [0.4, 0.5) is 0 Å². The molecule has 0 aromatic carbocycles. The number of hydrogen-bond donors (Lipinski definition) is 1. The van der Waals surface area contributed by atoms with E-state index in [0.717, 1.165) is 31.8 Å². The summed E-state index contributed by atoms with van der Waals surface area (Å²) in [5.41, 5.74) is 0. The van der Waals surface area contributed by atoms with Crippen molar-refractivity contribution in [2.45, 2.75) is 32.6 Å². The molecule has 74 valence electrons. The van der Waals surface area contributed by atoms with Gasteiger partial charge in [0.2, 0.25) is 0 Å². The van der Waals surface area contributed by atoms with Crippen molar-refractivity contribution in [1.29, 1.82) is 0 Å².